The maximum atomic E-state index is 8.75. The van der Waals surface area contributed by atoms with Crippen molar-refractivity contribution in [3.05, 3.63) is 11.1 Å². The first-order valence-corrected chi connectivity index (χ1v) is 5.91. The van der Waals surface area contributed by atoms with Crippen LogP contribution >= 0.6 is 11.3 Å². The Morgan fingerprint density at radius 3 is 2.87 bits per heavy atom. The van der Waals surface area contributed by atoms with Gasteiger partial charge in [-0.05, 0) is 13.3 Å². The number of hydrogen-bond donors (Lipinski definition) is 2. The molecule has 0 radical (unpaired) electrons. The summed E-state index contributed by atoms with van der Waals surface area (Å²) in [4.78, 5) is 7.53. The molecule has 0 amide bonds. The molecule has 0 fully saturated rings. The predicted octanol–water partition coefficient (Wildman–Crippen LogP) is 1.07. The zero-order valence-corrected chi connectivity index (χ0v) is 10.3. The smallest absolute Gasteiger partial charge is 0.185 e. The van der Waals surface area contributed by atoms with Crippen LogP contribution < -0.4 is 10.2 Å². The quantitative estimate of drug-likeness (QED) is 0.766. The zero-order valence-electron chi connectivity index (χ0n) is 9.53. The van der Waals surface area contributed by atoms with Crippen LogP contribution in [0.4, 0.5) is 5.13 Å². The first-order valence-electron chi connectivity index (χ1n) is 5.09. The molecule has 86 valence electrons. The van der Waals surface area contributed by atoms with E-state index in [1.807, 2.05) is 25.2 Å². The lowest BCUT2D eigenvalue weighted by molar-refractivity contribution is 0.269. The molecule has 1 rings (SSSR count). The average Bonchev–Trinajstić information content (AvgIpc) is 2.63. The van der Waals surface area contributed by atoms with E-state index in [1.165, 1.54) is 4.88 Å². The van der Waals surface area contributed by atoms with Crippen molar-refractivity contribution in [2.24, 2.45) is 0 Å². The fraction of sp³-hybridized carbons (Fsp3) is 0.700. The second kappa shape index (κ2) is 6.05. The van der Waals surface area contributed by atoms with Crippen LogP contribution in [0.25, 0.3) is 0 Å². The third-order valence-electron chi connectivity index (χ3n) is 2.11. The third kappa shape index (κ3) is 4.15. The Labute approximate surface area is 94.9 Å². The molecule has 1 aromatic heterocycles. The number of rotatable bonds is 6. The molecule has 0 aliphatic heterocycles. The molecule has 0 saturated heterocycles. The van der Waals surface area contributed by atoms with Crippen molar-refractivity contribution in [3.8, 4) is 0 Å². The maximum Gasteiger partial charge on any atom is 0.185 e. The summed E-state index contributed by atoms with van der Waals surface area (Å²) in [6.45, 7) is 3.14. The molecule has 4 nitrogen and oxygen atoms in total. The van der Waals surface area contributed by atoms with Crippen LogP contribution in [0.1, 0.15) is 18.2 Å². The fourth-order valence-corrected chi connectivity index (χ4v) is 1.94. The highest BCUT2D eigenvalue weighted by molar-refractivity contribution is 7.15. The largest absolute Gasteiger partial charge is 0.396 e. The molecule has 2 N–H and O–H groups in total. The number of nitrogens with zero attached hydrogens (tertiary/aromatic N) is 2. The van der Waals surface area contributed by atoms with Crippen molar-refractivity contribution in [2.75, 3.05) is 25.6 Å². The van der Waals surface area contributed by atoms with Gasteiger partial charge in [0.05, 0.1) is 0 Å². The Bertz CT molecular complexity index is 288. The molecular weight excluding hydrogens is 210 g/mol. The summed E-state index contributed by atoms with van der Waals surface area (Å²) in [6, 6.07) is 0.347. The molecule has 0 saturated carbocycles. The van der Waals surface area contributed by atoms with Gasteiger partial charge in [-0.2, -0.15) is 0 Å². The van der Waals surface area contributed by atoms with Crippen molar-refractivity contribution in [3.63, 3.8) is 0 Å². The Hall–Kier alpha value is -0.650. The van der Waals surface area contributed by atoms with E-state index in [0.29, 0.717) is 6.04 Å². The summed E-state index contributed by atoms with van der Waals surface area (Å²) in [5.41, 5.74) is 0. The number of thiazole rings is 1. The number of aromatic nitrogens is 1. The van der Waals surface area contributed by atoms with Crippen LogP contribution in [0.2, 0.25) is 0 Å². The van der Waals surface area contributed by atoms with E-state index in [1.54, 1.807) is 11.3 Å². The predicted molar refractivity (Wildman–Crippen MR) is 64.4 cm³/mol. The summed E-state index contributed by atoms with van der Waals surface area (Å²) in [7, 11) is 3.98. The minimum Gasteiger partial charge on any atom is -0.396 e. The van der Waals surface area contributed by atoms with Gasteiger partial charge in [0.2, 0.25) is 0 Å². The Balaban J connectivity index is 2.37. The summed E-state index contributed by atoms with van der Waals surface area (Å²) >= 11 is 1.69. The SMILES string of the molecule is C[C@H](CCO)NCc1cnc(N(C)C)s1. The molecule has 0 aliphatic carbocycles. The monoisotopic (exact) mass is 229 g/mol. The summed E-state index contributed by atoms with van der Waals surface area (Å²) in [5.74, 6) is 0. The second-order valence-corrected chi connectivity index (χ2v) is 4.89. The lowest BCUT2D eigenvalue weighted by Crippen LogP contribution is -2.25. The van der Waals surface area contributed by atoms with E-state index in [9.17, 15) is 0 Å². The van der Waals surface area contributed by atoms with Gasteiger partial charge in [-0.15, -0.1) is 11.3 Å². The van der Waals surface area contributed by atoms with Crippen molar-refractivity contribution in [1.29, 1.82) is 0 Å². The van der Waals surface area contributed by atoms with E-state index < -0.39 is 0 Å². The van der Waals surface area contributed by atoms with E-state index >= 15 is 0 Å². The molecule has 15 heavy (non-hydrogen) atoms. The molecule has 0 aliphatic rings. The van der Waals surface area contributed by atoms with E-state index in [0.717, 1.165) is 18.1 Å². The maximum absolute atomic E-state index is 8.75. The van der Waals surface area contributed by atoms with Gasteiger partial charge in [-0.3, -0.25) is 0 Å². The number of aliphatic hydroxyl groups is 1. The van der Waals surface area contributed by atoms with Gasteiger partial charge in [0.1, 0.15) is 0 Å². The Morgan fingerprint density at radius 2 is 2.33 bits per heavy atom. The molecule has 0 unspecified atom stereocenters. The van der Waals surface area contributed by atoms with Gasteiger partial charge in [-0.1, -0.05) is 0 Å². The molecule has 0 spiro atoms. The molecular formula is C10H19N3OS. The molecule has 1 aromatic rings. The standard InChI is InChI=1S/C10H19N3OS/c1-8(4-5-14)11-6-9-7-12-10(15-9)13(2)3/h7-8,11,14H,4-6H2,1-3H3/t8-/m1/s1. The van der Waals surface area contributed by atoms with Gasteiger partial charge < -0.3 is 15.3 Å². The highest BCUT2D eigenvalue weighted by Crippen LogP contribution is 2.20. The highest BCUT2D eigenvalue weighted by Gasteiger charge is 2.05. The molecule has 5 heteroatoms. The van der Waals surface area contributed by atoms with Crippen molar-refractivity contribution in [1.82, 2.24) is 10.3 Å². The highest BCUT2D eigenvalue weighted by atomic mass is 32.1. The van der Waals surface area contributed by atoms with Crippen LogP contribution in [0.5, 0.6) is 0 Å². The Morgan fingerprint density at radius 1 is 1.60 bits per heavy atom. The van der Waals surface area contributed by atoms with Crippen LogP contribution in [-0.4, -0.2) is 36.8 Å². The zero-order chi connectivity index (χ0) is 11.3. The topological polar surface area (TPSA) is 48.4 Å². The summed E-state index contributed by atoms with van der Waals surface area (Å²) in [6.07, 6.45) is 2.69. The number of nitrogens with one attached hydrogen (secondary N) is 1. The molecule has 1 heterocycles. The van der Waals surface area contributed by atoms with Crippen LogP contribution in [0.15, 0.2) is 6.20 Å². The van der Waals surface area contributed by atoms with E-state index in [2.05, 4.69) is 17.2 Å². The van der Waals surface area contributed by atoms with E-state index in [-0.39, 0.29) is 6.61 Å². The lowest BCUT2D eigenvalue weighted by atomic mass is 10.2. The summed E-state index contributed by atoms with van der Waals surface area (Å²) < 4.78 is 0. The van der Waals surface area contributed by atoms with Crippen molar-refractivity contribution >= 4 is 16.5 Å². The summed E-state index contributed by atoms with van der Waals surface area (Å²) in [5, 5.41) is 13.1. The molecule has 0 aromatic carbocycles. The number of hydrogen-bond acceptors (Lipinski definition) is 5. The minimum absolute atomic E-state index is 0.236. The van der Waals surface area contributed by atoms with Gasteiger partial charge in [-0.25, -0.2) is 4.98 Å². The Kier molecular flexibility index (Phi) is 5.01. The normalized spacial score (nSPS) is 12.8. The van der Waals surface area contributed by atoms with Gasteiger partial charge in [0.25, 0.3) is 0 Å². The van der Waals surface area contributed by atoms with E-state index in [4.69, 9.17) is 5.11 Å². The van der Waals surface area contributed by atoms with Crippen LogP contribution in [0, 0.1) is 0 Å². The molecule has 0 bridgehead atoms. The first kappa shape index (κ1) is 12.4. The van der Waals surface area contributed by atoms with Gasteiger partial charge >= 0.3 is 0 Å². The number of aliphatic hydroxyl groups excluding tert-OH is 1. The average molecular weight is 229 g/mol. The van der Waals surface area contributed by atoms with Gasteiger partial charge in [0, 0.05) is 44.4 Å². The minimum atomic E-state index is 0.236. The molecule has 1 atom stereocenters. The number of anilines is 1. The van der Waals surface area contributed by atoms with Crippen molar-refractivity contribution in [2.45, 2.75) is 25.9 Å². The van der Waals surface area contributed by atoms with Crippen LogP contribution in [0.3, 0.4) is 0 Å². The first-order chi connectivity index (χ1) is 7.13. The lowest BCUT2D eigenvalue weighted by Gasteiger charge is -2.10. The second-order valence-electron chi connectivity index (χ2n) is 3.80. The fourth-order valence-electron chi connectivity index (χ4n) is 1.16. The third-order valence-corrected chi connectivity index (χ3v) is 3.28. The van der Waals surface area contributed by atoms with Crippen molar-refractivity contribution < 1.29 is 5.11 Å². The van der Waals surface area contributed by atoms with Crippen LogP contribution in [-0.2, 0) is 6.54 Å². The van der Waals surface area contributed by atoms with Gasteiger partial charge in [0.15, 0.2) is 5.13 Å².